The Balaban J connectivity index is 1.77. The number of amides is 1. The molecule has 28 heavy (non-hydrogen) atoms. The first-order valence-corrected chi connectivity index (χ1v) is 9.79. The second-order valence-electron chi connectivity index (χ2n) is 6.70. The van der Waals surface area contributed by atoms with Crippen molar-refractivity contribution < 1.29 is 4.79 Å². The van der Waals surface area contributed by atoms with Crippen LogP contribution in [0.1, 0.15) is 35.5 Å². The van der Waals surface area contributed by atoms with Crippen LogP contribution in [0.3, 0.4) is 0 Å². The molecule has 0 fully saturated rings. The summed E-state index contributed by atoms with van der Waals surface area (Å²) in [5, 5.41) is 0. The van der Waals surface area contributed by atoms with Gasteiger partial charge in [-0.05, 0) is 37.1 Å². The number of anilines is 1. The fraction of sp³-hybridized carbons (Fsp3) is 0.250. The van der Waals surface area contributed by atoms with E-state index in [1.165, 1.54) is 5.56 Å². The number of hydrogen-bond acceptors (Lipinski definition) is 3. The first-order chi connectivity index (χ1) is 13.7. The van der Waals surface area contributed by atoms with E-state index in [2.05, 4.69) is 28.9 Å². The minimum absolute atomic E-state index is 0.0380. The first-order valence-electron chi connectivity index (χ1n) is 9.79. The van der Waals surface area contributed by atoms with Gasteiger partial charge in [-0.2, -0.15) is 0 Å². The van der Waals surface area contributed by atoms with Crippen LogP contribution >= 0.6 is 0 Å². The zero-order valence-corrected chi connectivity index (χ0v) is 16.6. The highest BCUT2D eigenvalue weighted by Gasteiger charge is 2.17. The molecular formula is C24H27N3O. The lowest BCUT2D eigenvalue weighted by atomic mass is 10.2. The number of hydrogen-bond donors (Lipinski definition) is 0. The van der Waals surface area contributed by atoms with Crippen LogP contribution in [0.2, 0.25) is 0 Å². The van der Waals surface area contributed by atoms with Gasteiger partial charge in [-0.15, -0.1) is 0 Å². The fourth-order valence-electron chi connectivity index (χ4n) is 3.22. The van der Waals surface area contributed by atoms with Crippen molar-refractivity contribution in [3.8, 4) is 0 Å². The molecule has 1 amide bonds. The average Bonchev–Trinajstić information content (AvgIpc) is 2.77. The molecule has 144 valence electrons. The molecule has 4 nitrogen and oxygen atoms in total. The third-order valence-corrected chi connectivity index (χ3v) is 4.81. The van der Waals surface area contributed by atoms with Crippen molar-refractivity contribution >= 4 is 11.6 Å². The molecule has 3 aromatic rings. The molecule has 1 aromatic heterocycles. The third-order valence-electron chi connectivity index (χ3n) is 4.81. The summed E-state index contributed by atoms with van der Waals surface area (Å²) < 4.78 is 0. The third kappa shape index (κ3) is 4.97. The lowest BCUT2D eigenvalue weighted by Gasteiger charge is -2.25. The van der Waals surface area contributed by atoms with Crippen molar-refractivity contribution in [1.82, 2.24) is 9.88 Å². The number of nitrogens with zero attached hydrogens (tertiary/aromatic N) is 3. The van der Waals surface area contributed by atoms with Crippen molar-refractivity contribution in [2.75, 3.05) is 18.0 Å². The van der Waals surface area contributed by atoms with Crippen molar-refractivity contribution in [2.45, 2.75) is 26.9 Å². The molecule has 0 bridgehead atoms. The number of rotatable bonds is 8. The molecule has 0 aliphatic rings. The Morgan fingerprint density at radius 1 is 0.821 bits per heavy atom. The van der Waals surface area contributed by atoms with Gasteiger partial charge in [0.25, 0.3) is 5.91 Å². The normalized spacial score (nSPS) is 10.5. The summed E-state index contributed by atoms with van der Waals surface area (Å²) in [6, 6.07) is 24.3. The van der Waals surface area contributed by atoms with Crippen LogP contribution in [0.5, 0.6) is 0 Å². The highest BCUT2D eigenvalue weighted by Crippen LogP contribution is 2.19. The lowest BCUT2D eigenvalue weighted by Crippen LogP contribution is -2.31. The SMILES string of the molecule is CCN(Cc1ccccc1)C(=O)c1cc(N(CC)Cc2ccccc2)ccn1. The van der Waals surface area contributed by atoms with Gasteiger partial charge in [-0.3, -0.25) is 9.78 Å². The standard InChI is InChI=1S/C24H27N3O/c1-3-26(18-20-11-7-5-8-12-20)22-15-16-25-23(17-22)24(28)27(4-2)19-21-13-9-6-10-14-21/h5-17H,3-4,18-19H2,1-2H3. The van der Waals surface area contributed by atoms with Gasteiger partial charge in [0.2, 0.25) is 0 Å². The molecule has 0 saturated heterocycles. The Labute approximate surface area is 167 Å². The number of benzene rings is 2. The Bertz CT molecular complexity index is 881. The average molecular weight is 374 g/mol. The van der Waals surface area contributed by atoms with E-state index < -0.39 is 0 Å². The zero-order chi connectivity index (χ0) is 19.8. The summed E-state index contributed by atoms with van der Waals surface area (Å²) in [6.07, 6.45) is 1.73. The topological polar surface area (TPSA) is 36.4 Å². The van der Waals surface area contributed by atoms with E-state index >= 15 is 0 Å². The summed E-state index contributed by atoms with van der Waals surface area (Å²) in [4.78, 5) is 21.5. The van der Waals surface area contributed by atoms with E-state index in [4.69, 9.17) is 0 Å². The summed E-state index contributed by atoms with van der Waals surface area (Å²) in [6.45, 7) is 7.01. The van der Waals surface area contributed by atoms with E-state index in [9.17, 15) is 4.79 Å². The number of aromatic nitrogens is 1. The molecule has 2 aromatic carbocycles. The Hall–Kier alpha value is -3.14. The quantitative estimate of drug-likeness (QED) is 0.571. The first kappa shape index (κ1) is 19.6. The smallest absolute Gasteiger partial charge is 0.272 e. The molecule has 1 heterocycles. The Morgan fingerprint density at radius 3 is 2.00 bits per heavy atom. The van der Waals surface area contributed by atoms with Gasteiger partial charge in [-0.1, -0.05) is 60.7 Å². The maximum Gasteiger partial charge on any atom is 0.272 e. The highest BCUT2D eigenvalue weighted by atomic mass is 16.2. The molecule has 0 spiro atoms. The van der Waals surface area contributed by atoms with E-state index in [-0.39, 0.29) is 5.91 Å². The Kier molecular flexibility index (Phi) is 6.79. The van der Waals surface area contributed by atoms with E-state index in [0.29, 0.717) is 18.8 Å². The van der Waals surface area contributed by atoms with Crippen LogP contribution in [0.4, 0.5) is 5.69 Å². The molecule has 0 atom stereocenters. The van der Waals surface area contributed by atoms with E-state index in [0.717, 1.165) is 24.3 Å². The minimum atomic E-state index is -0.0380. The maximum absolute atomic E-state index is 13.0. The van der Waals surface area contributed by atoms with Crippen molar-refractivity contribution in [2.24, 2.45) is 0 Å². The minimum Gasteiger partial charge on any atom is -0.367 e. The summed E-state index contributed by atoms with van der Waals surface area (Å²) in [5.41, 5.74) is 3.86. The van der Waals surface area contributed by atoms with Gasteiger partial charge in [0.1, 0.15) is 5.69 Å². The van der Waals surface area contributed by atoms with E-state index in [1.807, 2.05) is 72.5 Å². The fourth-order valence-corrected chi connectivity index (χ4v) is 3.22. The van der Waals surface area contributed by atoms with Gasteiger partial charge < -0.3 is 9.80 Å². The van der Waals surface area contributed by atoms with Crippen LogP contribution in [-0.2, 0) is 13.1 Å². The monoisotopic (exact) mass is 373 g/mol. The number of carbonyl (C=O) groups is 1. The van der Waals surface area contributed by atoms with Crippen LogP contribution in [-0.4, -0.2) is 28.9 Å². The van der Waals surface area contributed by atoms with Crippen LogP contribution in [0.25, 0.3) is 0 Å². The molecule has 0 radical (unpaired) electrons. The molecule has 0 unspecified atom stereocenters. The summed E-state index contributed by atoms with van der Waals surface area (Å²) in [7, 11) is 0. The number of carbonyl (C=O) groups excluding carboxylic acids is 1. The maximum atomic E-state index is 13.0. The molecule has 0 N–H and O–H groups in total. The second-order valence-corrected chi connectivity index (χ2v) is 6.70. The predicted molar refractivity (Wildman–Crippen MR) is 114 cm³/mol. The van der Waals surface area contributed by atoms with Crippen molar-refractivity contribution in [3.05, 3.63) is 95.8 Å². The zero-order valence-electron chi connectivity index (χ0n) is 16.6. The molecule has 4 heteroatoms. The largest absolute Gasteiger partial charge is 0.367 e. The van der Waals surface area contributed by atoms with Gasteiger partial charge in [0.05, 0.1) is 0 Å². The molecule has 0 aliphatic heterocycles. The molecular weight excluding hydrogens is 346 g/mol. The van der Waals surface area contributed by atoms with Gasteiger partial charge in [0.15, 0.2) is 0 Å². The van der Waals surface area contributed by atoms with Gasteiger partial charge >= 0.3 is 0 Å². The van der Waals surface area contributed by atoms with E-state index in [1.54, 1.807) is 6.20 Å². The van der Waals surface area contributed by atoms with Crippen molar-refractivity contribution in [3.63, 3.8) is 0 Å². The summed E-state index contributed by atoms with van der Waals surface area (Å²) in [5.74, 6) is -0.0380. The van der Waals surface area contributed by atoms with Crippen molar-refractivity contribution in [1.29, 1.82) is 0 Å². The summed E-state index contributed by atoms with van der Waals surface area (Å²) >= 11 is 0. The van der Waals surface area contributed by atoms with Gasteiger partial charge in [-0.25, -0.2) is 0 Å². The molecule has 0 aliphatic carbocycles. The molecule has 3 rings (SSSR count). The van der Waals surface area contributed by atoms with Crippen LogP contribution in [0, 0.1) is 0 Å². The van der Waals surface area contributed by atoms with Crippen LogP contribution in [0.15, 0.2) is 79.0 Å². The predicted octanol–water partition coefficient (Wildman–Crippen LogP) is 4.77. The Morgan fingerprint density at radius 2 is 1.43 bits per heavy atom. The lowest BCUT2D eigenvalue weighted by molar-refractivity contribution is 0.0746. The van der Waals surface area contributed by atoms with Gasteiger partial charge in [0, 0.05) is 38.1 Å². The van der Waals surface area contributed by atoms with Crippen LogP contribution < -0.4 is 4.90 Å². The number of pyridine rings is 1. The molecule has 0 saturated carbocycles. The second kappa shape index (κ2) is 9.70. The highest BCUT2D eigenvalue weighted by molar-refractivity contribution is 5.93.